The summed E-state index contributed by atoms with van der Waals surface area (Å²) in [5.74, 6) is -0.166. The molecule has 35 heavy (non-hydrogen) atoms. The number of benzene rings is 1. The molecule has 0 unspecified atom stereocenters. The highest BCUT2D eigenvalue weighted by Gasteiger charge is 2.40. The van der Waals surface area contributed by atoms with Crippen molar-refractivity contribution in [2.75, 3.05) is 13.1 Å². The van der Waals surface area contributed by atoms with Gasteiger partial charge < -0.3 is 10.3 Å². The van der Waals surface area contributed by atoms with E-state index in [1.165, 1.54) is 23.9 Å². The van der Waals surface area contributed by atoms with E-state index in [1.807, 2.05) is 13.0 Å². The molecule has 6 nitrogen and oxygen atoms in total. The second-order valence-electron chi connectivity index (χ2n) is 8.81. The fourth-order valence-corrected chi connectivity index (χ4v) is 4.31. The monoisotopic (exact) mass is 488 g/mol. The molecule has 0 fully saturated rings. The van der Waals surface area contributed by atoms with E-state index in [9.17, 15) is 22.8 Å². The number of Topliss-reactive ketones (excluding diaryl/α,β-unsaturated/α-hetero) is 2. The number of aliphatic imine (C=N–C) groups is 1. The number of nitrogens with zero attached hydrogens (tertiary/aromatic N) is 3. The molecule has 0 saturated heterocycles. The number of hydrogen-bond donors (Lipinski definition) is 1. The smallest absolute Gasteiger partial charge is 0.330 e. The molecule has 2 aromatic rings. The van der Waals surface area contributed by atoms with Crippen molar-refractivity contribution < 1.29 is 22.8 Å². The lowest BCUT2D eigenvalue weighted by atomic mass is 9.96. The fourth-order valence-electron chi connectivity index (χ4n) is 4.31. The summed E-state index contributed by atoms with van der Waals surface area (Å²) in [5, 5.41) is 0. The summed E-state index contributed by atoms with van der Waals surface area (Å²) in [6, 6.07) is 5.30. The van der Waals surface area contributed by atoms with E-state index in [1.54, 1.807) is 12.1 Å². The predicted octanol–water partition coefficient (Wildman–Crippen LogP) is 5.04. The van der Waals surface area contributed by atoms with Crippen LogP contribution in [0.3, 0.4) is 0 Å². The topological polar surface area (TPSA) is 90.3 Å². The number of carbonyl (C=O) groups is 2. The molecule has 0 saturated carbocycles. The maximum absolute atomic E-state index is 13.2. The van der Waals surface area contributed by atoms with E-state index in [0.717, 1.165) is 37.7 Å². The van der Waals surface area contributed by atoms with Crippen LogP contribution in [0.2, 0.25) is 0 Å². The molecule has 3 rings (SSSR count). The van der Waals surface area contributed by atoms with Gasteiger partial charge in [-0.3, -0.25) is 14.6 Å². The number of ketones is 2. The van der Waals surface area contributed by atoms with E-state index in [0.29, 0.717) is 24.1 Å². The molecule has 1 aromatic heterocycles. The second kappa shape index (κ2) is 11.6. The van der Waals surface area contributed by atoms with Crippen LogP contribution >= 0.6 is 0 Å². The van der Waals surface area contributed by atoms with Crippen molar-refractivity contribution >= 4 is 22.9 Å². The fraction of sp³-hybridized carbons (Fsp3) is 0.462. The molecule has 188 valence electrons. The first-order valence-electron chi connectivity index (χ1n) is 11.8. The van der Waals surface area contributed by atoms with Crippen LogP contribution in [0.15, 0.2) is 35.5 Å². The van der Waals surface area contributed by atoms with E-state index in [-0.39, 0.29) is 41.6 Å². The Morgan fingerprint density at radius 2 is 1.80 bits per heavy atom. The summed E-state index contributed by atoms with van der Waals surface area (Å²) in [7, 11) is 1.52. The van der Waals surface area contributed by atoms with Crippen LogP contribution in [0, 0.1) is 6.92 Å². The van der Waals surface area contributed by atoms with E-state index in [4.69, 9.17) is 5.73 Å². The maximum Gasteiger partial charge on any atom is 0.433 e. The lowest BCUT2D eigenvalue weighted by molar-refractivity contribution is -0.0571. The van der Waals surface area contributed by atoms with Crippen molar-refractivity contribution in [1.29, 1.82) is 0 Å². The number of aromatic nitrogens is 2. The molecule has 1 aliphatic rings. The maximum atomic E-state index is 13.2. The normalized spacial score (nSPS) is 13.7. The number of alkyl halides is 3. The van der Waals surface area contributed by atoms with E-state index in [2.05, 4.69) is 9.98 Å². The van der Waals surface area contributed by atoms with Crippen LogP contribution in [0.4, 0.5) is 13.2 Å². The number of imidazole rings is 1. The summed E-state index contributed by atoms with van der Waals surface area (Å²) in [6.07, 6.45) is 3.59. The highest BCUT2D eigenvalue weighted by molar-refractivity contribution is 6.27. The van der Waals surface area contributed by atoms with E-state index >= 15 is 0 Å². The largest absolute Gasteiger partial charge is 0.433 e. The molecule has 0 aliphatic carbocycles. The molecule has 1 aromatic carbocycles. The Bertz CT molecular complexity index is 1150. The molecule has 9 heteroatoms. The number of nitrogens with two attached hydrogens (primary N) is 1. The van der Waals surface area contributed by atoms with Crippen molar-refractivity contribution in [3.8, 4) is 0 Å². The summed E-state index contributed by atoms with van der Waals surface area (Å²) in [5.41, 5.74) is 6.83. The highest BCUT2D eigenvalue weighted by atomic mass is 19.4. The Kier molecular flexibility index (Phi) is 8.77. The minimum Gasteiger partial charge on any atom is -0.330 e. The third kappa shape index (κ3) is 6.54. The van der Waals surface area contributed by atoms with Gasteiger partial charge in [0.25, 0.3) is 0 Å². The van der Waals surface area contributed by atoms with Crippen LogP contribution in [0.1, 0.15) is 76.3 Å². The number of hydrogen-bond acceptors (Lipinski definition) is 5. The van der Waals surface area contributed by atoms with Crippen molar-refractivity contribution in [3.05, 3.63) is 58.7 Å². The Morgan fingerprint density at radius 1 is 1.09 bits per heavy atom. The molecule has 2 N–H and O–H groups in total. The minimum absolute atomic E-state index is 0.0278. The lowest BCUT2D eigenvalue weighted by Gasteiger charge is -2.12. The van der Waals surface area contributed by atoms with Gasteiger partial charge in [0.15, 0.2) is 11.6 Å². The molecule has 0 bridgehead atoms. The average molecular weight is 489 g/mol. The highest BCUT2D eigenvalue weighted by Crippen LogP contribution is 2.31. The molecule has 2 heterocycles. The summed E-state index contributed by atoms with van der Waals surface area (Å²) >= 11 is 0. The molecule has 0 atom stereocenters. The van der Waals surface area contributed by atoms with Crippen LogP contribution < -0.4 is 5.73 Å². The first-order chi connectivity index (χ1) is 16.6. The zero-order chi connectivity index (χ0) is 25.6. The van der Waals surface area contributed by atoms with Crippen LogP contribution in [-0.4, -0.2) is 46.1 Å². The third-order valence-corrected chi connectivity index (χ3v) is 6.15. The zero-order valence-corrected chi connectivity index (χ0v) is 20.1. The summed E-state index contributed by atoms with van der Waals surface area (Å²) in [6.45, 7) is 2.48. The Labute approximate surface area is 203 Å². The van der Waals surface area contributed by atoms with Crippen molar-refractivity contribution in [2.45, 2.75) is 58.0 Å². The number of unbranched alkanes of at least 4 members (excludes halogenated alkanes) is 4. The molecular formula is C26H31F3N4O2. The standard InChI is InChI=1S/C26H31F3N4O2/c1-17-14-18(9-10-19(17)22(34)8-6-4-3-5-7-12-30)15-23(35)25-32-16-21(33(25)2)20-11-13-31-24(20)26(27,28)29/h9-11,14,16H,3-8,12-13,15,30H2,1-2H3. The van der Waals surface area contributed by atoms with Gasteiger partial charge in [-0.25, -0.2) is 4.98 Å². The van der Waals surface area contributed by atoms with Gasteiger partial charge in [-0.1, -0.05) is 43.5 Å². The van der Waals surface area contributed by atoms with E-state index < -0.39 is 11.9 Å². The van der Waals surface area contributed by atoms with Gasteiger partial charge in [0.05, 0.1) is 18.4 Å². The molecule has 1 aliphatic heterocycles. The van der Waals surface area contributed by atoms with Crippen molar-refractivity contribution in [3.63, 3.8) is 0 Å². The van der Waals surface area contributed by atoms with Gasteiger partial charge in [0, 0.05) is 31.0 Å². The first kappa shape index (κ1) is 26.5. The number of halogens is 3. The Morgan fingerprint density at radius 3 is 2.49 bits per heavy atom. The predicted molar refractivity (Wildman–Crippen MR) is 130 cm³/mol. The summed E-state index contributed by atoms with van der Waals surface area (Å²) in [4.78, 5) is 33.1. The molecule has 0 spiro atoms. The Hall–Kier alpha value is -3.07. The number of allylic oxidation sites excluding steroid dienone is 1. The molecule has 0 amide bonds. The van der Waals surface area contributed by atoms with Gasteiger partial charge in [-0.15, -0.1) is 0 Å². The number of carbonyl (C=O) groups excluding carboxylic acids is 2. The van der Waals surface area contributed by atoms with Crippen LogP contribution in [-0.2, 0) is 13.5 Å². The molecule has 0 radical (unpaired) electrons. The molecular weight excluding hydrogens is 457 g/mol. The quantitative estimate of drug-likeness (QED) is 0.335. The lowest BCUT2D eigenvalue weighted by Crippen LogP contribution is -2.23. The summed E-state index contributed by atoms with van der Waals surface area (Å²) < 4.78 is 41.1. The SMILES string of the molecule is Cc1cc(CC(=O)c2ncc(C3=CCN=C3C(F)(F)F)n2C)ccc1C(=O)CCCCCCCN. The zero-order valence-electron chi connectivity index (χ0n) is 20.1. The Balaban J connectivity index is 1.63. The number of rotatable bonds is 12. The number of aryl methyl sites for hydroxylation is 1. The minimum atomic E-state index is -4.57. The van der Waals surface area contributed by atoms with Gasteiger partial charge in [0.1, 0.15) is 5.71 Å². The van der Waals surface area contributed by atoms with Crippen LogP contribution in [0.5, 0.6) is 0 Å². The first-order valence-corrected chi connectivity index (χ1v) is 11.8. The van der Waals surface area contributed by atoms with Crippen molar-refractivity contribution in [1.82, 2.24) is 9.55 Å². The second-order valence-corrected chi connectivity index (χ2v) is 8.81. The van der Waals surface area contributed by atoms with Crippen molar-refractivity contribution in [2.24, 2.45) is 17.8 Å². The van der Waals surface area contributed by atoms with Gasteiger partial charge >= 0.3 is 6.18 Å². The van der Waals surface area contributed by atoms with Crippen LogP contribution in [0.25, 0.3) is 5.57 Å². The van der Waals surface area contributed by atoms with Gasteiger partial charge in [-0.05, 0) is 37.4 Å². The van der Waals surface area contributed by atoms with Gasteiger partial charge in [-0.2, -0.15) is 13.2 Å². The van der Waals surface area contributed by atoms with Gasteiger partial charge in [0.2, 0.25) is 5.78 Å². The third-order valence-electron chi connectivity index (χ3n) is 6.15. The average Bonchev–Trinajstić information content (AvgIpc) is 3.42.